The summed E-state index contributed by atoms with van der Waals surface area (Å²) in [6.45, 7) is 9.72. The van der Waals surface area contributed by atoms with E-state index in [0.717, 1.165) is 19.5 Å². The molecule has 1 heteroatoms. The van der Waals surface area contributed by atoms with Gasteiger partial charge in [-0.25, -0.2) is 0 Å². The van der Waals surface area contributed by atoms with Crippen molar-refractivity contribution in [3.8, 4) is 0 Å². The Hall–Kier alpha value is -0.820. The first kappa shape index (κ1) is 8.28. The van der Waals surface area contributed by atoms with Gasteiger partial charge in [-0.1, -0.05) is 25.3 Å². The number of hydrogen-bond acceptors (Lipinski definition) is 1. The van der Waals surface area contributed by atoms with Gasteiger partial charge in [0.1, 0.15) is 0 Å². The molecule has 0 aliphatic carbocycles. The second kappa shape index (κ2) is 3.54. The molecular weight excluding hydrogens is 134 g/mol. The maximum absolute atomic E-state index is 3.78. The highest BCUT2D eigenvalue weighted by molar-refractivity contribution is 5.34. The molecule has 0 amide bonds. The highest BCUT2D eigenvalue weighted by Gasteiger charge is 2.10. The Morgan fingerprint density at radius 2 is 1.91 bits per heavy atom. The minimum Gasteiger partial charge on any atom is -0.302 e. The predicted octanol–water partition coefficient (Wildman–Crippen LogP) is 1.99. The van der Waals surface area contributed by atoms with Crippen LogP contribution in [0.1, 0.15) is 6.42 Å². The molecule has 0 bridgehead atoms. The Bertz CT molecular complexity index is 201. The molecular formula is C10H15N. The first-order chi connectivity index (χ1) is 5.27. The van der Waals surface area contributed by atoms with Crippen LogP contribution in [0.15, 0.2) is 36.5 Å². The summed E-state index contributed by atoms with van der Waals surface area (Å²) < 4.78 is 0. The van der Waals surface area contributed by atoms with E-state index in [2.05, 4.69) is 25.1 Å². The number of rotatable bonds is 2. The topological polar surface area (TPSA) is 3.24 Å². The third-order valence-electron chi connectivity index (χ3n) is 2.11. The molecule has 0 unspecified atom stereocenters. The Balaban J connectivity index is 2.82. The lowest BCUT2D eigenvalue weighted by atomic mass is 10.0. The lowest BCUT2D eigenvalue weighted by Gasteiger charge is -2.24. The Morgan fingerprint density at radius 3 is 2.45 bits per heavy atom. The van der Waals surface area contributed by atoms with Crippen molar-refractivity contribution in [2.75, 3.05) is 20.1 Å². The van der Waals surface area contributed by atoms with E-state index in [0.29, 0.717) is 0 Å². The minimum atomic E-state index is 1.02. The van der Waals surface area contributed by atoms with Crippen molar-refractivity contribution in [3.63, 3.8) is 0 Å². The Kier molecular flexibility index (Phi) is 2.66. The van der Waals surface area contributed by atoms with Gasteiger partial charge in [0.05, 0.1) is 0 Å². The monoisotopic (exact) mass is 149 g/mol. The third-order valence-corrected chi connectivity index (χ3v) is 2.11. The van der Waals surface area contributed by atoms with Crippen LogP contribution in [0.3, 0.4) is 0 Å². The second-order valence-corrected chi connectivity index (χ2v) is 2.95. The zero-order chi connectivity index (χ0) is 8.27. The molecule has 60 valence electrons. The quantitative estimate of drug-likeness (QED) is 0.580. The first-order valence-corrected chi connectivity index (χ1v) is 3.93. The van der Waals surface area contributed by atoms with Crippen molar-refractivity contribution in [2.45, 2.75) is 6.42 Å². The molecule has 1 rings (SSSR count). The predicted molar refractivity (Wildman–Crippen MR) is 49.5 cm³/mol. The van der Waals surface area contributed by atoms with E-state index in [4.69, 9.17) is 0 Å². The fourth-order valence-corrected chi connectivity index (χ4v) is 1.37. The van der Waals surface area contributed by atoms with E-state index in [1.54, 1.807) is 0 Å². The van der Waals surface area contributed by atoms with Crippen molar-refractivity contribution >= 4 is 0 Å². The first-order valence-electron chi connectivity index (χ1n) is 3.93. The van der Waals surface area contributed by atoms with Gasteiger partial charge in [0.2, 0.25) is 0 Å². The highest BCUT2D eigenvalue weighted by Crippen LogP contribution is 2.17. The maximum atomic E-state index is 3.78. The van der Waals surface area contributed by atoms with Gasteiger partial charge in [-0.3, -0.25) is 0 Å². The van der Waals surface area contributed by atoms with E-state index >= 15 is 0 Å². The summed E-state index contributed by atoms with van der Waals surface area (Å²) in [5.41, 5.74) is 2.69. The minimum absolute atomic E-state index is 1.02. The number of likely N-dealkylation sites (N-methyl/N-ethyl adjacent to an activating group) is 1. The zero-order valence-corrected chi connectivity index (χ0v) is 7.14. The van der Waals surface area contributed by atoms with Crippen LogP contribution >= 0.6 is 0 Å². The van der Waals surface area contributed by atoms with Gasteiger partial charge >= 0.3 is 0 Å². The molecule has 11 heavy (non-hydrogen) atoms. The van der Waals surface area contributed by atoms with Gasteiger partial charge in [-0.2, -0.15) is 0 Å². The maximum Gasteiger partial charge on any atom is 0.0233 e. The van der Waals surface area contributed by atoms with Crippen LogP contribution in [0.25, 0.3) is 0 Å². The smallest absolute Gasteiger partial charge is 0.0233 e. The van der Waals surface area contributed by atoms with E-state index in [1.807, 2.05) is 12.2 Å². The molecule has 0 N–H and O–H groups in total. The van der Waals surface area contributed by atoms with Crippen LogP contribution in [0, 0.1) is 0 Å². The summed E-state index contributed by atoms with van der Waals surface area (Å²) >= 11 is 0. The SMILES string of the molecule is C=CC1=C(C=C)CN(C)CC1. The average Bonchev–Trinajstić information content (AvgIpc) is 2.04. The molecule has 0 aromatic rings. The van der Waals surface area contributed by atoms with Crippen LogP contribution in [0.5, 0.6) is 0 Å². The molecule has 1 nitrogen and oxygen atoms in total. The number of hydrogen-bond donors (Lipinski definition) is 0. The van der Waals surface area contributed by atoms with Crippen molar-refractivity contribution in [1.29, 1.82) is 0 Å². The molecule has 1 aliphatic rings. The molecule has 0 aromatic carbocycles. The fraction of sp³-hybridized carbons (Fsp3) is 0.400. The molecule has 0 saturated carbocycles. The molecule has 0 fully saturated rings. The number of nitrogens with zero attached hydrogens (tertiary/aromatic N) is 1. The molecule has 0 saturated heterocycles. The van der Waals surface area contributed by atoms with Crippen LogP contribution in [-0.4, -0.2) is 25.0 Å². The largest absolute Gasteiger partial charge is 0.302 e. The van der Waals surface area contributed by atoms with Crippen LogP contribution < -0.4 is 0 Å². The van der Waals surface area contributed by atoms with Crippen LogP contribution in [0.4, 0.5) is 0 Å². The Morgan fingerprint density at radius 1 is 1.27 bits per heavy atom. The van der Waals surface area contributed by atoms with Crippen molar-refractivity contribution < 1.29 is 0 Å². The second-order valence-electron chi connectivity index (χ2n) is 2.95. The third kappa shape index (κ3) is 1.81. The van der Waals surface area contributed by atoms with E-state index < -0.39 is 0 Å². The normalized spacial score (nSPS) is 20.1. The summed E-state index contributed by atoms with van der Waals surface area (Å²) in [7, 11) is 2.13. The van der Waals surface area contributed by atoms with Crippen molar-refractivity contribution in [1.82, 2.24) is 4.90 Å². The molecule has 0 spiro atoms. The van der Waals surface area contributed by atoms with Gasteiger partial charge in [0, 0.05) is 13.1 Å². The van der Waals surface area contributed by atoms with E-state index in [-0.39, 0.29) is 0 Å². The van der Waals surface area contributed by atoms with E-state index in [1.165, 1.54) is 11.1 Å². The van der Waals surface area contributed by atoms with Gasteiger partial charge in [-0.15, -0.1) is 0 Å². The summed E-state index contributed by atoms with van der Waals surface area (Å²) in [5, 5.41) is 0. The summed E-state index contributed by atoms with van der Waals surface area (Å²) in [6.07, 6.45) is 5.00. The van der Waals surface area contributed by atoms with Crippen LogP contribution in [-0.2, 0) is 0 Å². The van der Waals surface area contributed by atoms with Crippen LogP contribution in [0.2, 0.25) is 0 Å². The van der Waals surface area contributed by atoms with Gasteiger partial charge < -0.3 is 4.90 Å². The lowest BCUT2D eigenvalue weighted by molar-refractivity contribution is 0.354. The molecule has 1 heterocycles. The highest BCUT2D eigenvalue weighted by atomic mass is 15.1. The molecule has 0 atom stereocenters. The van der Waals surface area contributed by atoms with Gasteiger partial charge in [-0.05, 0) is 24.6 Å². The van der Waals surface area contributed by atoms with Gasteiger partial charge in [0.15, 0.2) is 0 Å². The number of allylic oxidation sites excluding steroid dienone is 1. The van der Waals surface area contributed by atoms with E-state index in [9.17, 15) is 0 Å². The van der Waals surface area contributed by atoms with Crippen molar-refractivity contribution in [3.05, 3.63) is 36.5 Å². The lowest BCUT2D eigenvalue weighted by Crippen LogP contribution is -2.26. The summed E-state index contributed by atoms with van der Waals surface area (Å²) in [5.74, 6) is 0. The average molecular weight is 149 g/mol. The zero-order valence-electron chi connectivity index (χ0n) is 7.14. The molecule has 0 aromatic heterocycles. The van der Waals surface area contributed by atoms with Gasteiger partial charge in [0.25, 0.3) is 0 Å². The Labute approximate surface area is 68.7 Å². The standard InChI is InChI=1S/C10H15N/c1-4-9-6-7-11(3)8-10(9)5-2/h4-5H,1-2,6-8H2,3H3. The molecule has 1 aliphatic heterocycles. The van der Waals surface area contributed by atoms with Crippen molar-refractivity contribution in [2.24, 2.45) is 0 Å². The molecule has 0 radical (unpaired) electrons. The summed E-state index contributed by atoms with van der Waals surface area (Å²) in [4.78, 5) is 2.30. The summed E-state index contributed by atoms with van der Waals surface area (Å²) in [6, 6.07) is 0. The fourth-order valence-electron chi connectivity index (χ4n) is 1.37.